The number of hydrogen-bond acceptors (Lipinski definition) is 4. The van der Waals surface area contributed by atoms with Gasteiger partial charge in [-0.15, -0.1) is 0 Å². The summed E-state index contributed by atoms with van der Waals surface area (Å²) in [5.74, 6) is 0.351. The van der Waals surface area contributed by atoms with E-state index in [-0.39, 0.29) is 10.8 Å². The molecule has 0 amide bonds. The number of benzene rings is 1. The molecule has 0 saturated carbocycles. The summed E-state index contributed by atoms with van der Waals surface area (Å²) in [6.07, 6.45) is 3.87. The highest BCUT2D eigenvalue weighted by atomic mass is 32.1. The van der Waals surface area contributed by atoms with Crippen molar-refractivity contribution in [2.24, 2.45) is 5.73 Å². The van der Waals surface area contributed by atoms with Crippen LogP contribution >= 0.6 is 12.2 Å². The summed E-state index contributed by atoms with van der Waals surface area (Å²) in [6.45, 7) is 2.53. The van der Waals surface area contributed by atoms with E-state index in [1.54, 1.807) is 18.5 Å². The number of aromatic nitrogens is 2. The molecule has 3 N–H and O–H groups in total. The summed E-state index contributed by atoms with van der Waals surface area (Å²) in [4.78, 5) is 8.47. The van der Waals surface area contributed by atoms with E-state index in [0.717, 1.165) is 17.5 Å². The van der Waals surface area contributed by atoms with Gasteiger partial charge < -0.3 is 11.1 Å². The van der Waals surface area contributed by atoms with Crippen molar-refractivity contribution in [2.45, 2.75) is 13.3 Å². The fraction of sp³-hybridized carbons (Fsp3) is 0.214. The van der Waals surface area contributed by atoms with Crippen LogP contribution in [0.5, 0.6) is 0 Å². The molecule has 20 heavy (non-hydrogen) atoms. The lowest BCUT2D eigenvalue weighted by Gasteiger charge is -2.10. The highest BCUT2D eigenvalue weighted by Crippen LogP contribution is 2.12. The van der Waals surface area contributed by atoms with Gasteiger partial charge in [-0.25, -0.2) is 14.4 Å². The maximum Gasteiger partial charge on any atom is 0.155 e. The van der Waals surface area contributed by atoms with Crippen molar-refractivity contribution in [3.63, 3.8) is 0 Å². The Bertz CT molecular complexity index is 630. The summed E-state index contributed by atoms with van der Waals surface area (Å²) in [5, 5.41) is 3.15. The molecule has 0 atom stereocenters. The van der Waals surface area contributed by atoms with Gasteiger partial charge in [-0.1, -0.05) is 18.3 Å². The molecule has 1 aromatic heterocycles. The Balaban J connectivity index is 2.01. The first-order chi connectivity index (χ1) is 9.58. The zero-order valence-electron chi connectivity index (χ0n) is 11.1. The molecule has 0 aliphatic heterocycles. The first-order valence-electron chi connectivity index (χ1n) is 6.17. The van der Waals surface area contributed by atoms with E-state index >= 15 is 0 Å². The second-order valence-corrected chi connectivity index (χ2v) is 4.81. The SMILES string of the molecule is Cc1cc(F)ccc1CCNc1nccnc1C(N)=S. The summed E-state index contributed by atoms with van der Waals surface area (Å²) in [6, 6.07) is 4.78. The molecule has 0 radical (unpaired) electrons. The van der Waals surface area contributed by atoms with Gasteiger partial charge in [-0.3, -0.25) is 0 Å². The predicted molar refractivity (Wildman–Crippen MR) is 81.3 cm³/mol. The van der Waals surface area contributed by atoms with Gasteiger partial charge in [0.25, 0.3) is 0 Å². The lowest BCUT2D eigenvalue weighted by molar-refractivity contribution is 0.625. The summed E-state index contributed by atoms with van der Waals surface area (Å²) in [5.41, 5.74) is 8.08. The zero-order valence-corrected chi connectivity index (χ0v) is 11.9. The maximum atomic E-state index is 13.0. The van der Waals surface area contributed by atoms with E-state index < -0.39 is 0 Å². The molecule has 6 heteroatoms. The van der Waals surface area contributed by atoms with Crippen molar-refractivity contribution in [1.29, 1.82) is 0 Å². The minimum Gasteiger partial charge on any atom is -0.388 e. The van der Waals surface area contributed by atoms with Crippen molar-refractivity contribution >= 4 is 23.0 Å². The standard InChI is InChI=1S/C14H15FN4S/c1-9-8-11(15)3-2-10(9)4-5-18-14-12(13(16)20)17-6-7-19-14/h2-3,6-8H,4-5H2,1H3,(H2,16,20)(H,18,19). The molecule has 0 bridgehead atoms. The molecule has 0 unspecified atom stereocenters. The quantitative estimate of drug-likeness (QED) is 0.827. The number of anilines is 1. The molecule has 0 fully saturated rings. The molecule has 0 saturated heterocycles. The average molecular weight is 290 g/mol. The van der Waals surface area contributed by atoms with Crippen molar-refractivity contribution in [1.82, 2.24) is 9.97 Å². The van der Waals surface area contributed by atoms with E-state index in [1.807, 2.05) is 6.92 Å². The Morgan fingerprint density at radius 2 is 2.10 bits per heavy atom. The van der Waals surface area contributed by atoms with Crippen molar-refractivity contribution in [3.05, 3.63) is 53.2 Å². The van der Waals surface area contributed by atoms with Crippen LogP contribution in [0.3, 0.4) is 0 Å². The molecule has 1 aromatic carbocycles. The van der Waals surface area contributed by atoms with Gasteiger partial charge in [-0.05, 0) is 36.6 Å². The van der Waals surface area contributed by atoms with Crippen molar-refractivity contribution < 1.29 is 4.39 Å². The highest BCUT2D eigenvalue weighted by Gasteiger charge is 2.07. The first kappa shape index (κ1) is 14.3. The Labute approximate surface area is 122 Å². The van der Waals surface area contributed by atoms with E-state index in [2.05, 4.69) is 15.3 Å². The van der Waals surface area contributed by atoms with Gasteiger partial charge in [0.1, 0.15) is 16.5 Å². The number of hydrogen-bond donors (Lipinski definition) is 2. The molecular formula is C14H15FN4S. The maximum absolute atomic E-state index is 13.0. The van der Waals surface area contributed by atoms with Crippen LogP contribution in [0.25, 0.3) is 0 Å². The monoisotopic (exact) mass is 290 g/mol. The summed E-state index contributed by atoms with van der Waals surface area (Å²) >= 11 is 4.92. The predicted octanol–water partition coefficient (Wildman–Crippen LogP) is 2.21. The second kappa shape index (κ2) is 6.38. The molecule has 4 nitrogen and oxygen atoms in total. The third-order valence-corrected chi connectivity index (χ3v) is 3.12. The van der Waals surface area contributed by atoms with Gasteiger partial charge in [0, 0.05) is 18.9 Å². The van der Waals surface area contributed by atoms with Gasteiger partial charge in [0.05, 0.1) is 0 Å². The van der Waals surface area contributed by atoms with Crippen LogP contribution < -0.4 is 11.1 Å². The third kappa shape index (κ3) is 3.48. The zero-order chi connectivity index (χ0) is 14.5. The Kier molecular flexibility index (Phi) is 4.57. The number of nitrogens with two attached hydrogens (primary N) is 1. The van der Waals surface area contributed by atoms with E-state index in [1.165, 1.54) is 12.1 Å². The third-order valence-electron chi connectivity index (χ3n) is 2.92. The number of aryl methyl sites for hydroxylation is 1. The fourth-order valence-corrected chi connectivity index (χ4v) is 2.05. The van der Waals surface area contributed by atoms with Crippen molar-refractivity contribution in [3.8, 4) is 0 Å². The molecule has 2 rings (SSSR count). The smallest absolute Gasteiger partial charge is 0.155 e. The summed E-state index contributed by atoms with van der Waals surface area (Å²) in [7, 11) is 0. The molecule has 2 aromatic rings. The lowest BCUT2D eigenvalue weighted by atomic mass is 10.1. The van der Waals surface area contributed by atoms with Crippen LogP contribution in [0.15, 0.2) is 30.6 Å². The van der Waals surface area contributed by atoms with E-state index in [0.29, 0.717) is 18.1 Å². The number of rotatable bonds is 5. The van der Waals surface area contributed by atoms with Gasteiger partial charge >= 0.3 is 0 Å². The van der Waals surface area contributed by atoms with Gasteiger partial charge in [0.2, 0.25) is 0 Å². The summed E-state index contributed by atoms with van der Waals surface area (Å²) < 4.78 is 13.0. The lowest BCUT2D eigenvalue weighted by Crippen LogP contribution is -2.17. The van der Waals surface area contributed by atoms with Crippen LogP contribution in [-0.2, 0) is 6.42 Å². The molecule has 0 spiro atoms. The molecule has 0 aliphatic rings. The van der Waals surface area contributed by atoms with Crippen LogP contribution in [0, 0.1) is 12.7 Å². The minimum atomic E-state index is -0.219. The topological polar surface area (TPSA) is 63.8 Å². The second-order valence-electron chi connectivity index (χ2n) is 4.37. The number of thiocarbonyl (C=S) groups is 1. The number of halogens is 1. The number of nitrogens with one attached hydrogen (secondary N) is 1. The van der Waals surface area contributed by atoms with Crippen LogP contribution in [0.1, 0.15) is 16.8 Å². The fourth-order valence-electron chi connectivity index (χ4n) is 1.90. The Morgan fingerprint density at radius 1 is 1.35 bits per heavy atom. The normalized spacial score (nSPS) is 10.3. The highest BCUT2D eigenvalue weighted by molar-refractivity contribution is 7.80. The van der Waals surface area contributed by atoms with Crippen molar-refractivity contribution in [2.75, 3.05) is 11.9 Å². The average Bonchev–Trinajstić information content (AvgIpc) is 2.41. The molecular weight excluding hydrogens is 275 g/mol. The Morgan fingerprint density at radius 3 is 2.80 bits per heavy atom. The number of nitrogens with zero attached hydrogens (tertiary/aromatic N) is 2. The van der Waals surface area contributed by atoms with Gasteiger partial charge in [-0.2, -0.15) is 0 Å². The van der Waals surface area contributed by atoms with Crippen LogP contribution in [0.2, 0.25) is 0 Å². The Hall–Kier alpha value is -2.08. The van der Waals surface area contributed by atoms with E-state index in [4.69, 9.17) is 18.0 Å². The largest absolute Gasteiger partial charge is 0.388 e. The van der Waals surface area contributed by atoms with Crippen LogP contribution in [0.4, 0.5) is 10.2 Å². The van der Waals surface area contributed by atoms with Crippen LogP contribution in [-0.4, -0.2) is 21.5 Å². The molecule has 104 valence electrons. The molecule has 1 heterocycles. The minimum absolute atomic E-state index is 0.207. The van der Waals surface area contributed by atoms with Gasteiger partial charge in [0.15, 0.2) is 5.82 Å². The van der Waals surface area contributed by atoms with E-state index in [9.17, 15) is 4.39 Å². The first-order valence-corrected chi connectivity index (χ1v) is 6.58. The molecule has 0 aliphatic carbocycles.